The predicted molar refractivity (Wildman–Crippen MR) is 91.0 cm³/mol. The molecule has 0 spiro atoms. The summed E-state index contributed by atoms with van der Waals surface area (Å²) in [4.78, 5) is 37.8. The molecule has 6 heteroatoms. The van der Waals surface area contributed by atoms with Gasteiger partial charge in [0.05, 0.1) is 13.5 Å². The Morgan fingerprint density at radius 1 is 1.12 bits per heavy atom. The standard InChI is InChI=1S/C19H18N2O4/c1-25-16-9-5-3-7-14(16)11-20-17(22)12-21-18(23)10-13-6-2-4-8-15(13)19(21)24/h2-9H,10-12H2,1H3,(H,20,22). The molecule has 3 rings (SSSR count). The molecule has 1 aliphatic rings. The first-order valence-electron chi connectivity index (χ1n) is 7.91. The fraction of sp³-hybridized carbons (Fsp3) is 0.211. The van der Waals surface area contributed by atoms with E-state index in [1.807, 2.05) is 18.2 Å². The van der Waals surface area contributed by atoms with Crippen molar-refractivity contribution in [2.75, 3.05) is 13.7 Å². The summed E-state index contributed by atoms with van der Waals surface area (Å²) in [5.74, 6) is -0.524. The smallest absolute Gasteiger partial charge is 0.261 e. The van der Waals surface area contributed by atoms with Crippen LogP contribution in [0.2, 0.25) is 0 Å². The Hall–Kier alpha value is -3.15. The number of amides is 3. The van der Waals surface area contributed by atoms with Crippen molar-refractivity contribution in [2.45, 2.75) is 13.0 Å². The molecule has 0 unspecified atom stereocenters. The number of para-hydroxylation sites is 1. The third kappa shape index (κ3) is 3.52. The van der Waals surface area contributed by atoms with Crippen LogP contribution in [-0.4, -0.2) is 36.3 Å². The summed E-state index contributed by atoms with van der Waals surface area (Å²) in [6.45, 7) is -0.0309. The van der Waals surface area contributed by atoms with Gasteiger partial charge in [-0.25, -0.2) is 0 Å². The lowest BCUT2D eigenvalue weighted by Gasteiger charge is -2.26. The Morgan fingerprint density at radius 2 is 1.84 bits per heavy atom. The predicted octanol–water partition coefficient (Wildman–Crippen LogP) is 1.54. The Bertz CT molecular complexity index is 832. The Morgan fingerprint density at radius 3 is 2.64 bits per heavy atom. The molecule has 1 heterocycles. The molecule has 2 aromatic carbocycles. The van der Waals surface area contributed by atoms with E-state index in [4.69, 9.17) is 4.74 Å². The highest BCUT2D eigenvalue weighted by molar-refractivity contribution is 6.11. The van der Waals surface area contributed by atoms with Crippen molar-refractivity contribution >= 4 is 17.7 Å². The van der Waals surface area contributed by atoms with Crippen molar-refractivity contribution in [2.24, 2.45) is 0 Å². The highest BCUT2D eigenvalue weighted by Crippen LogP contribution is 2.19. The average Bonchev–Trinajstić information content (AvgIpc) is 2.63. The van der Waals surface area contributed by atoms with Crippen LogP contribution in [0.4, 0.5) is 0 Å². The summed E-state index contributed by atoms with van der Waals surface area (Å²) < 4.78 is 5.23. The molecule has 0 aliphatic carbocycles. The second-order valence-corrected chi connectivity index (χ2v) is 5.71. The van der Waals surface area contributed by atoms with Crippen LogP contribution in [-0.2, 0) is 22.6 Å². The minimum absolute atomic E-state index is 0.127. The Balaban J connectivity index is 1.65. The first-order valence-corrected chi connectivity index (χ1v) is 7.91. The fourth-order valence-electron chi connectivity index (χ4n) is 2.80. The summed E-state index contributed by atoms with van der Waals surface area (Å²) in [6, 6.07) is 14.3. The van der Waals surface area contributed by atoms with Crippen molar-refractivity contribution in [1.82, 2.24) is 10.2 Å². The maximum atomic E-state index is 12.4. The van der Waals surface area contributed by atoms with Gasteiger partial charge in [0.2, 0.25) is 11.8 Å². The lowest BCUT2D eigenvalue weighted by Crippen LogP contribution is -2.47. The third-order valence-corrected chi connectivity index (χ3v) is 4.11. The highest BCUT2D eigenvalue weighted by atomic mass is 16.5. The van der Waals surface area contributed by atoms with Crippen molar-refractivity contribution in [1.29, 1.82) is 0 Å². The molecule has 1 N–H and O–H groups in total. The van der Waals surface area contributed by atoms with Crippen LogP contribution in [0.1, 0.15) is 21.5 Å². The molecule has 2 aromatic rings. The van der Waals surface area contributed by atoms with Crippen LogP contribution >= 0.6 is 0 Å². The van der Waals surface area contributed by atoms with Crippen LogP contribution < -0.4 is 10.1 Å². The van der Waals surface area contributed by atoms with Crippen molar-refractivity contribution in [3.8, 4) is 5.75 Å². The van der Waals surface area contributed by atoms with Gasteiger partial charge in [-0.15, -0.1) is 0 Å². The number of fused-ring (bicyclic) bond motifs is 1. The molecule has 0 bridgehead atoms. The number of imide groups is 1. The number of benzene rings is 2. The molecule has 0 saturated heterocycles. The Labute approximate surface area is 145 Å². The molecular formula is C19H18N2O4. The first kappa shape index (κ1) is 16.7. The van der Waals surface area contributed by atoms with Crippen molar-refractivity contribution in [3.63, 3.8) is 0 Å². The van der Waals surface area contributed by atoms with Gasteiger partial charge in [0.25, 0.3) is 5.91 Å². The van der Waals surface area contributed by atoms with Crippen molar-refractivity contribution in [3.05, 3.63) is 65.2 Å². The second-order valence-electron chi connectivity index (χ2n) is 5.71. The van der Waals surface area contributed by atoms with Gasteiger partial charge in [-0.05, 0) is 17.7 Å². The topological polar surface area (TPSA) is 75.7 Å². The quantitative estimate of drug-likeness (QED) is 0.839. The van der Waals surface area contributed by atoms with E-state index in [0.29, 0.717) is 16.9 Å². The molecule has 128 valence electrons. The monoisotopic (exact) mass is 338 g/mol. The number of methoxy groups -OCH3 is 1. The van der Waals surface area contributed by atoms with Crippen LogP contribution in [0.15, 0.2) is 48.5 Å². The van der Waals surface area contributed by atoms with Crippen LogP contribution in [0.3, 0.4) is 0 Å². The maximum Gasteiger partial charge on any atom is 0.261 e. The Kier molecular flexibility index (Phi) is 4.79. The fourth-order valence-corrected chi connectivity index (χ4v) is 2.80. The van der Waals surface area contributed by atoms with Crippen molar-refractivity contribution < 1.29 is 19.1 Å². The van der Waals surface area contributed by atoms with E-state index in [2.05, 4.69) is 5.32 Å². The van der Waals surface area contributed by atoms with E-state index in [-0.39, 0.29) is 25.4 Å². The van der Waals surface area contributed by atoms with Gasteiger partial charge < -0.3 is 10.1 Å². The summed E-state index contributed by atoms with van der Waals surface area (Å²) in [7, 11) is 1.56. The normalized spacial score (nSPS) is 13.4. The largest absolute Gasteiger partial charge is 0.496 e. The van der Waals surface area contributed by atoms with Gasteiger partial charge in [-0.3, -0.25) is 19.3 Å². The van der Waals surface area contributed by atoms with E-state index in [9.17, 15) is 14.4 Å². The number of carbonyl (C=O) groups excluding carboxylic acids is 3. The summed E-state index contributed by atoms with van der Waals surface area (Å²) >= 11 is 0. The highest BCUT2D eigenvalue weighted by Gasteiger charge is 2.31. The van der Waals surface area contributed by atoms with Gasteiger partial charge in [-0.1, -0.05) is 36.4 Å². The molecule has 6 nitrogen and oxygen atoms in total. The lowest BCUT2D eigenvalue weighted by molar-refractivity contribution is -0.133. The number of nitrogens with one attached hydrogen (secondary N) is 1. The number of hydrogen-bond acceptors (Lipinski definition) is 4. The summed E-state index contributed by atoms with van der Waals surface area (Å²) in [6.07, 6.45) is 0.127. The zero-order chi connectivity index (χ0) is 17.8. The molecule has 3 amide bonds. The van der Waals surface area contributed by atoms with E-state index in [1.54, 1.807) is 37.4 Å². The molecular weight excluding hydrogens is 320 g/mol. The molecule has 0 saturated carbocycles. The number of ether oxygens (including phenoxy) is 1. The zero-order valence-corrected chi connectivity index (χ0v) is 13.8. The van der Waals surface area contributed by atoms with E-state index in [0.717, 1.165) is 10.5 Å². The molecule has 25 heavy (non-hydrogen) atoms. The first-order chi connectivity index (χ1) is 12.1. The summed E-state index contributed by atoms with van der Waals surface area (Å²) in [5.41, 5.74) is 1.99. The minimum Gasteiger partial charge on any atom is -0.496 e. The van der Waals surface area contributed by atoms with Gasteiger partial charge in [-0.2, -0.15) is 0 Å². The van der Waals surface area contributed by atoms with Gasteiger partial charge in [0, 0.05) is 17.7 Å². The number of carbonyl (C=O) groups is 3. The van der Waals surface area contributed by atoms with Gasteiger partial charge in [0.15, 0.2) is 0 Å². The van der Waals surface area contributed by atoms with E-state index < -0.39 is 11.8 Å². The van der Waals surface area contributed by atoms with E-state index >= 15 is 0 Å². The molecule has 0 fully saturated rings. The third-order valence-electron chi connectivity index (χ3n) is 4.11. The molecule has 0 radical (unpaired) electrons. The van der Waals surface area contributed by atoms with Gasteiger partial charge in [0.1, 0.15) is 12.3 Å². The SMILES string of the molecule is COc1ccccc1CNC(=O)CN1C(=O)Cc2ccccc2C1=O. The second kappa shape index (κ2) is 7.17. The maximum absolute atomic E-state index is 12.4. The lowest BCUT2D eigenvalue weighted by atomic mass is 9.98. The molecule has 0 atom stereocenters. The minimum atomic E-state index is -0.431. The average molecular weight is 338 g/mol. The number of hydrogen-bond donors (Lipinski definition) is 1. The summed E-state index contributed by atoms with van der Waals surface area (Å²) in [5, 5.41) is 2.72. The number of rotatable bonds is 5. The van der Waals surface area contributed by atoms with Crippen LogP contribution in [0.5, 0.6) is 5.75 Å². The van der Waals surface area contributed by atoms with Crippen LogP contribution in [0, 0.1) is 0 Å². The van der Waals surface area contributed by atoms with Gasteiger partial charge >= 0.3 is 0 Å². The zero-order valence-electron chi connectivity index (χ0n) is 13.8. The van der Waals surface area contributed by atoms with E-state index in [1.165, 1.54) is 0 Å². The molecule has 1 aliphatic heterocycles. The van der Waals surface area contributed by atoms with Crippen LogP contribution in [0.25, 0.3) is 0 Å². The number of nitrogens with zero attached hydrogens (tertiary/aromatic N) is 1. The molecule has 0 aromatic heterocycles.